The zero-order valence-electron chi connectivity index (χ0n) is 21.5. The second kappa shape index (κ2) is 9.27. The highest BCUT2D eigenvalue weighted by atomic mass is 16.6. The topological polar surface area (TPSA) is 143 Å². The molecule has 2 heterocycles. The number of amides is 1. The number of carbonyl (C=O) groups is 3. The fourth-order valence-corrected chi connectivity index (χ4v) is 7.35. The maximum Gasteiger partial charge on any atom is 0.352 e. The number of esters is 2. The number of hydrogen-bond acceptors (Lipinski definition) is 9. The monoisotopic (exact) mass is 526 g/mol. The van der Waals surface area contributed by atoms with E-state index in [1.54, 1.807) is 12.1 Å². The predicted octanol–water partition coefficient (Wildman–Crippen LogP) is 1.50. The lowest BCUT2D eigenvalue weighted by Gasteiger charge is -2.59. The van der Waals surface area contributed by atoms with E-state index in [9.17, 15) is 24.6 Å². The Kier molecular flexibility index (Phi) is 6.14. The fourth-order valence-electron chi connectivity index (χ4n) is 7.35. The minimum absolute atomic E-state index is 0.00248. The second-order valence-electron chi connectivity index (χ2n) is 11.2. The molecule has 0 radical (unpaired) electrons. The molecule has 1 aromatic rings. The number of ether oxygens (including phenoxy) is 3. The van der Waals surface area contributed by atoms with Gasteiger partial charge in [-0.1, -0.05) is 12.5 Å². The van der Waals surface area contributed by atoms with E-state index < -0.39 is 35.2 Å². The highest BCUT2D eigenvalue weighted by Crippen LogP contribution is 2.67. The minimum atomic E-state index is -1.17. The molecule has 2 fully saturated rings. The average molecular weight is 527 g/mol. The molecule has 1 saturated carbocycles. The summed E-state index contributed by atoms with van der Waals surface area (Å²) in [6, 6.07) is 3.29. The molecule has 10 heteroatoms. The van der Waals surface area contributed by atoms with E-state index in [2.05, 4.69) is 10.6 Å². The molecule has 0 aromatic heterocycles. The van der Waals surface area contributed by atoms with Crippen molar-refractivity contribution in [2.24, 2.45) is 5.92 Å². The van der Waals surface area contributed by atoms with Crippen molar-refractivity contribution >= 4 is 17.8 Å². The Balaban J connectivity index is 1.12. The van der Waals surface area contributed by atoms with E-state index in [1.165, 1.54) is 6.92 Å². The minimum Gasteiger partial charge on any atom is -0.504 e. The van der Waals surface area contributed by atoms with Gasteiger partial charge in [-0.2, -0.15) is 0 Å². The normalized spacial score (nSPS) is 32.9. The first kappa shape index (κ1) is 25.2. The fraction of sp³-hybridized carbons (Fsp3) is 0.607. The third kappa shape index (κ3) is 3.71. The summed E-state index contributed by atoms with van der Waals surface area (Å²) in [5, 5.41) is 28.4. The van der Waals surface area contributed by atoms with Crippen LogP contribution in [0, 0.1) is 5.92 Å². The third-order valence-corrected chi connectivity index (χ3v) is 9.13. The van der Waals surface area contributed by atoms with Crippen LogP contribution in [0.25, 0.3) is 0 Å². The van der Waals surface area contributed by atoms with Gasteiger partial charge in [0.05, 0.1) is 23.5 Å². The van der Waals surface area contributed by atoms with Crippen molar-refractivity contribution < 1.29 is 38.8 Å². The lowest BCUT2D eigenvalue weighted by Crippen LogP contribution is -2.67. The molecule has 5 aliphatic rings. The van der Waals surface area contributed by atoms with Crippen LogP contribution in [0.15, 0.2) is 24.0 Å². The van der Waals surface area contributed by atoms with Crippen molar-refractivity contribution in [3.63, 3.8) is 0 Å². The van der Waals surface area contributed by atoms with E-state index in [1.807, 2.05) is 6.07 Å². The Bertz CT molecular complexity index is 1210. The van der Waals surface area contributed by atoms with Crippen LogP contribution in [-0.2, 0) is 35.7 Å². The zero-order chi connectivity index (χ0) is 26.7. The number of phenols is 1. The summed E-state index contributed by atoms with van der Waals surface area (Å²) in [5.74, 6) is -0.858. The number of aromatic hydroxyl groups is 1. The number of hydrogen-bond donors (Lipinski definition) is 4. The SMILES string of the molecule is C[C@H](OC(=O)CCNC(=O)[C@@H]1CCCN1)C(=O)OC1=CC[C@@]2(O)[C@@H]3CCC[C@@]24c2c(ccc(O)c2O[C@@H]14)C3. The number of carbonyl (C=O) groups excluding carboxylic acids is 3. The van der Waals surface area contributed by atoms with Gasteiger partial charge in [-0.3, -0.25) is 9.59 Å². The van der Waals surface area contributed by atoms with Gasteiger partial charge in [-0.15, -0.1) is 0 Å². The molecule has 0 unspecified atom stereocenters. The molecule has 10 nitrogen and oxygen atoms in total. The van der Waals surface area contributed by atoms with Crippen LogP contribution in [0.4, 0.5) is 0 Å². The molecule has 6 atom stereocenters. The number of aliphatic hydroxyl groups is 1. The van der Waals surface area contributed by atoms with Gasteiger partial charge >= 0.3 is 11.9 Å². The Hall–Kier alpha value is -3.11. The molecule has 1 amide bonds. The van der Waals surface area contributed by atoms with Gasteiger partial charge in [0, 0.05) is 12.1 Å². The maximum atomic E-state index is 13.0. The van der Waals surface area contributed by atoms with Gasteiger partial charge in [0.1, 0.15) is 5.76 Å². The van der Waals surface area contributed by atoms with E-state index in [0.29, 0.717) is 25.0 Å². The molecule has 3 aliphatic carbocycles. The summed E-state index contributed by atoms with van der Waals surface area (Å²) in [4.78, 5) is 37.3. The van der Waals surface area contributed by atoms with Crippen molar-refractivity contribution in [1.82, 2.24) is 10.6 Å². The molecular weight excluding hydrogens is 492 g/mol. The summed E-state index contributed by atoms with van der Waals surface area (Å²) in [6.45, 7) is 2.35. The van der Waals surface area contributed by atoms with Gasteiger partial charge in [0.15, 0.2) is 23.7 Å². The Labute approximate surface area is 220 Å². The zero-order valence-corrected chi connectivity index (χ0v) is 21.5. The molecule has 2 bridgehead atoms. The quantitative estimate of drug-likeness (QED) is 0.389. The van der Waals surface area contributed by atoms with Crippen LogP contribution in [0.3, 0.4) is 0 Å². The average Bonchev–Trinajstić information content (AvgIpc) is 3.53. The largest absolute Gasteiger partial charge is 0.504 e. The molecule has 1 aromatic carbocycles. The highest BCUT2D eigenvalue weighted by molar-refractivity contribution is 5.83. The molecule has 38 heavy (non-hydrogen) atoms. The Morgan fingerprint density at radius 3 is 2.89 bits per heavy atom. The van der Waals surface area contributed by atoms with Crippen LogP contribution >= 0.6 is 0 Å². The molecule has 4 N–H and O–H groups in total. The first-order valence-electron chi connectivity index (χ1n) is 13.6. The third-order valence-electron chi connectivity index (χ3n) is 9.13. The van der Waals surface area contributed by atoms with Gasteiger partial charge in [-0.05, 0) is 75.6 Å². The van der Waals surface area contributed by atoms with Crippen molar-refractivity contribution in [3.8, 4) is 11.5 Å². The maximum absolute atomic E-state index is 13.0. The highest BCUT2D eigenvalue weighted by Gasteiger charge is 2.70. The Morgan fingerprint density at radius 2 is 2.11 bits per heavy atom. The lowest BCUT2D eigenvalue weighted by molar-refractivity contribution is -0.171. The smallest absolute Gasteiger partial charge is 0.352 e. The van der Waals surface area contributed by atoms with Crippen molar-refractivity contribution in [2.45, 2.75) is 87.6 Å². The molecule has 204 valence electrons. The van der Waals surface area contributed by atoms with Crippen LogP contribution in [0.1, 0.15) is 63.0 Å². The number of nitrogens with one attached hydrogen (secondary N) is 2. The van der Waals surface area contributed by atoms with Crippen molar-refractivity contribution in [3.05, 3.63) is 35.1 Å². The molecule has 2 aliphatic heterocycles. The van der Waals surface area contributed by atoms with Gasteiger partial charge < -0.3 is 35.1 Å². The first-order chi connectivity index (χ1) is 18.2. The van der Waals surface area contributed by atoms with Gasteiger partial charge in [0.25, 0.3) is 0 Å². The lowest BCUT2D eigenvalue weighted by atomic mass is 9.47. The van der Waals surface area contributed by atoms with E-state index in [4.69, 9.17) is 14.2 Å². The summed E-state index contributed by atoms with van der Waals surface area (Å²) in [5.41, 5.74) is 0.0140. The van der Waals surface area contributed by atoms with E-state index in [-0.39, 0.29) is 42.3 Å². The summed E-state index contributed by atoms with van der Waals surface area (Å²) < 4.78 is 17.3. The summed E-state index contributed by atoms with van der Waals surface area (Å²) in [6.07, 6.45) is 4.86. The Morgan fingerprint density at radius 1 is 1.26 bits per heavy atom. The van der Waals surface area contributed by atoms with Crippen LogP contribution < -0.4 is 15.4 Å². The number of phenolic OH excluding ortho intramolecular Hbond substituents is 1. The van der Waals surface area contributed by atoms with Gasteiger partial charge in [-0.25, -0.2) is 4.79 Å². The van der Waals surface area contributed by atoms with Crippen LogP contribution in [0.5, 0.6) is 11.5 Å². The first-order valence-corrected chi connectivity index (χ1v) is 13.6. The predicted molar refractivity (Wildman–Crippen MR) is 133 cm³/mol. The molecule has 1 saturated heterocycles. The molecule has 1 spiro atoms. The second-order valence-corrected chi connectivity index (χ2v) is 11.2. The molecule has 6 rings (SSSR count). The summed E-state index contributed by atoms with van der Waals surface area (Å²) >= 11 is 0. The number of benzene rings is 1. The van der Waals surface area contributed by atoms with Crippen LogP contribution in [-0.4, -0.2) is 65.0 Å². The van der Waals surface area contributed by atoms with Crippen LogP contribution in [0.2, 0.25) is 0 Å². The molecular formula is C28H34N2O8. The van der Waals surface area contributed by atoms with Crippen molar-refractivity contribution in [1.29, 1.82) is 0 Å². The number of rotatable bonds is 7. The van der Waals surface area contributed by atoms with Gasteiger partial charge in [0.2, 0.25) is 5.91 Å². The van der Waals surface area contributed by atoms with E-state index in [0.717, 1.165) is 43.4 Å². The standard InChI is InChI=1S/C28H34N2O8/c1-15(36-21(32)9-13-30-25(33)18-5-3-12-29-18)26(34)37-20-8-11-28(35)17-4-2-10-27(28)22-16(14-17)6-7-19(31)23(22)38-24(20)27/h6-8,15,17-18,24,29,31,35H,2-5,9-14H2,1H3,(H,30,33)/t15-,17+,18-,24-,27-,28+/m0/s1. The van der Waals surface area contributed by atoms with Crippen molar-refractivity contribution in [2.75, 3.05) is 13.1 Å². The summed E-state index contributed by atoms with van der Waals surface area (Å²) in [7, 11) is 0. The van der Waals surface area contributed by atoms with E-state index >= 15 is 0 Å².